The van der Waals surface area contributed by atoms with E-state index in [0.717, 1.165) is 25.7 Å². The van der Waals surface area contributed by atoms with Gasteiger partial charge in [0.05, 0.1) is 5.56 Å². The van der Waals surface area contributed by atoms with Gasteiger partial charge < -0.3 is 10.1 Å². The molecular weight excluding hydrogens is 358 g/mol. The number of amides is 3. The molecule has 1 fully saturated rings. The molecular formula is C18H24ClN3O4. The third-order valence-corrected chi connectivity index (χ3v) is 4.61. The van der Waals surface area contributed by atoms with E-state index in [1.165, 1.54) is 13.3 Å². The van der Waals surface area contributed by atoms with Crippen molar-refractivity contribution >= 4 is 29.5 Å². The maximum Gasteiger partial charge on any atom is 0.342 e. The summed E-state index contributed by atoms with van der Waals surface area (Å²) >= 11 is 6.01. The van der Waals surface area contributed by atoms with E-state index in [9.17, 15) is 14.4 Å². The summed E-state index contributed by atoms with van der Waals surface area (Å²) in [6.07, 6.45) is 3.97. The molecule has 2 rings (SSSR count). The highest BCUT2D eigenvalue weighted by Gasteiger charge is 2.25. The molecule has 1 atom stereocenters. The lowest BCUT2D eigenvalue weighted by molar-refractivity contribution is -0.127. The second kappa shape index (κ2) is 8.98. The molecule has 0 spiro atoms. The number of halogens is 1. The molecule has 26 heavy (non-hydrogen) atoms. The number of esters is 1. The average Bonchev–Trinajstić information content (AvgIpc) is 2.54. The van der Waals surface area contributed by atoms with Gasteiger partial charge in [-0.1, -0.05) is 30.9 Å². The van der Waals surface area contributed by atoms with E-state index in [1.807, 2.05) is 0 Å². The number of hydrogen-bond donors (Lipinski definition) is 2. The lowest BCUT2D eigenvalue weighted by Gasteiger charge is -2.23. The van der Waals surface area contributed by atoms with E-state index < -0.39 is 24.0 Å². The normalized spacial score (nSPS) is 15.8. The Morgan fingerprint density at radius 3 is 2.50 bits per heavy atom. The minimum Gasteiger partial charge on any atom is -0.449 e. The number of nitrogens with zero attached hydrogens (tertiary/aromatic N) is 1. The zero-order chi connectivity index (χ0) is 19.3. The van der Waals surface area contributed by atoms with Crippen molar-refractivity contribution in [3.8, 4) is 0 Å². The lowest BCUT2D eigenvalue weighted by atomic mass is 9.96. The number of hydrogen-bond acceptors (Lipinski definition) is 5. The Labute approximate surface area is 157 Å². The Morgan fingerprint density at radius 2 is 1.88 bits per heavy atom. The molecule has 3 amide bonds. The maximum atomic E-state index is 12.3. The van der Waals surface area contributed by atoms with Crippen molar-refractivity contribution < 1.29 is 19.1 Å². The van der Waals surface area contributed by atoms with Gasteiger partial charge in [0, 0.05) is 11.7 Å². The monoisotopic (exact) mass is 381 g/mol. The van der Waals surface area contributed by atoms with Crippen molar-refractivity contribution in [1.82, 2.24) is 15.6 Å². The van der Waals surface area contributed by atoms with Gasteiger partial charge in [-0.3, -0.25) is 10.1 Å². The highest BCUT2D eigenvalue weighted by Crippen LogP contribution is 2.20. The van der Waals surface area contributed by atoms with Gasteiger partial charge in [-0.15, -0.1) is 0 Å². The molecule has 1 aromatic heterocycles. The van der Waals surface area contributed by atoms with Gasteiger partial charge >= 0.3 is 12.0 Å². The molecule has 8 heteroatoms. The lowest BCUT2D eigenvalue weighted by Crippen LogP contribution is -2.48. The first-order chi connectivity index (χ1) is 12.3. The molecule has 0 unspecified atom stereocenters. The molecule has 1 aliphatic rings. The van der Waals surface area contributed by atoms with E-state index >= 15 is 0 Å². The molecule has 142 valence electrons. The van der Waals surface area contributed by atoms with Crippen molar-refractivity contribution in [2.75, 3.05) is 0 Å². The van der Waals surface area contributed by atoms with E-state index in [2.05, 4.69) is 15.6 Å². The van der Waals surface area contributed by atoms with Crippen LogP contribution < -0.4 is 10.6 Å². The fraction of sp³-hybridized carbons (Fsp3) is 0.556. The van der Waals surface area contributed by atoms with Crippen LogP contribution in [0.1, 0.15) is 60.6 Å². The van der Waals surface area contributed by atoms with Crippen LogP contribution in [0.4, 0.5) is 4.79 Å². The van der Waals surface area contributed by atoms with Gasteiger partial charge in [0.25, 0.3) is 5.91 Å². The highest BCUT2D eigenvalue weighted by molar-refractivity contribution is 6.32. The Hall–Kier alpha value is -2.15. The molecule has 1 aliphatic carbocycles. The van der Waals surface area contributed by atoms with E-state index in [0.29, 0.717) is 11.3 Å². The number of aromatic nitrogens is 1. The molecule has 1 heterocycles. The molecule has 0 saturated heterocycles. The number of carbonyl (C=O) groups excluding carboxylic acids is 3. The van der Waals surface area contributed by atoms with E-state index in [-0.39, 0.29) is 16.8 Å². The Balaban J connectivity index is 1.90. The van der Waals surface area contributed by atoms with Crippen LogP contribution in [0.25, 0.3) is 0 Å². The van der Waals surface area contributed by atoms with Crippen LogP contribution >= 0.6 is 11.6 Å². The number of ether oxygens (including phenoxy) is 1. The summed E-state index contributed by atoms with van der Waals surface area (Å²) in [7, 11) is 0. The van der Waals surface area contributed by atoms with E-state index in [4.69, 9.17) is 16.3 Å². The number of nitrogens with one attached hydrogen (secondary N) is 2. The number of rotatable bonds is 4. The minimum absolute atomic E-state index is 0.0233. The number of aryl methyl sites for hydroxylation is 2. The van der Waals surface area contributed by atoms with Crippen molar-refractivity contribution in [3.63, 3.8) is 0 Å². The minimum atomic E-state index is -1.14. The molecule has 7 nitrogen and oxygen atoms in total. The number of carbonyl (C=O) groups is 3. The number of urea groups is 1. The highest BCUT2D eigenvalue weighted by atomic mass is 35.5. The first-order valence-corrected chi connectivity index (χ1v) is 9.11. The first kappa shape index (κ1) is 20.2. The van der Waals surface area contributed by atoms with Crippen LogP contribution in [0, 0.1) is 13.8 Å². The van der Waals surface area contributed by atoms with Crippen LogP contribution in [0.15, 0.2) is 6.07 Å². The molecule has 2 N–H and O–H groups in total. The van der Waals surface area contributed by atoms with Gasteiger partial charge in [-0.2, -0.15) is 0 Å². The predicted molar refractivity (Wildman–Crippen MR) is 97.1 cm³/mol. The molecule has 0 bridgehead atoms. The third kappa shape index (κ3) is 5.42. The number of imide groups is 1. The van der Waals surface area contributed by atoms with Crippen LogP contribution in [-0.2, 0) is 9.53 Å². The quantitative estimate of drug-likeness (QED) is 0.617. The fourth-order valence-corrected chi connectivity index (χ4v) is 3.35. The van der Waals surface area contributed by atoms with Crippen LogP contribution in [0.2, 0.25) is 5.15 Å². The second-order valence-electron chi connectivity index (χ2n) is 6.59. The van der Waals surface area contributed by atoms with Crippen LogP contribution in [-0.4, -0.2) is 35.0 Å². The molecule has 1 saturated carbocycles. The zero-order valence-electron chi connectivity index (χ0n) is 15.2. The largest absolute Gasteiger partial charge is 0.449 e. The molecule has 0 aromatic carbocycles. The summed E-state index contributed by atoms with van der Waals surface area (Å²) in [5, 5.41) is 5.00. The Bertz CT molecular complexity index is 679. The average molecular weight is 382 g/mol. The summed E-state index contributed by atoms with van der Waals surface area (Å²) in [5.74, 6) is -1.45. The molecule has 1 aromatic rings. The Kier molecular flexibility index (Phi) is 6.97. The first-order valence-electron chi connectivity index (χ1n) is 8.74. The summed E-state index contributed by atoms with van der Waals surface area (Å²) < 4.78 is 5.14. The molecule has 0 radical (unpaired) electrons. The van der Waals surface area contributed by atoms with Gasteiger partial charge in [0.15, 0.2) is 6.10 Å². The molecule has 0 aliphatic heterocycles. The van der Waals surface area contributed by atoms with Crippen molar-refractivity contribution in [3.05, 3.63) is 28.0 Å². The topological polar surface area (TPSA) is 97.4 Å². The smallest absolute Gasteiger partial charge is 0.342 e. The van der Waals surface area contributed by atoms with Crippen molar-refractivity contribution in [1.29, 1.82) is 0 Å². The number of pyridine rings is 1. The second-order valence-corrected chi connectivity index (χ2v) is 6.95. The SMILES string of the molecule is Cc1cc(C)c(C(=O)O[C@@H](C)C(=O)NC(=O)NC2CCCCC2)c(Cl)n1. The standard InChI is InChI=1S/C18H24ClN3O4/c1-10-9-11(2)20-15(19)14(10)17(24)26-12(3)16(23)22-18(25)21-13-7-5-4-6-8-13/h9,12-13H,4-8H2,1-3H3,(H2,21,22,23,25)/t12-/m0/s1. The fourth-order valence-electron chi connectivity index (χ4n) is 2.99. The van der Waals surface area contributed by atoms with E-state index in [1.54, 1.807) is 19.9 Å². The Morgan fingerprint density at radius 1 is 1.23 bits per heavy atom. The van der Waals surface area contributed by atoms with Gasteiger partial charge in [0.2, 0.25) is 0 Å². The van der Waals surface area contributed by atoms with Crippen LogP contribution in [0.3, 0.4) is 0 Å². The summed E-state index contributed by atoms with van der Waals surface area (Å²) in [5.41, 5.74) is 1.40. The van der Waals surface area contributed by atoms with Crippen molar-refractivity contribution in [2.45, 2.75) is 65.0 Å². The summed E-state index contributed by atoms with van der Waals surface area (Å²) in [6, 6.07) is 1.20. The third-order valence-electron chi connectivity index (χ3n) is 4.33. The van der Waals surface area contributed by atoms with Gasteiger partial charge in [-0.25, -0.2) is 14.6 Å². The van der Waals surface area contributed by atoms with Crippen molar-refractivity contribution in [2.24, 2.45) is 0 Å². The predicted octanol–water partition coefficient (Wildman–Crippen LogP) is 3.06. The maximum absolute atomic E-state index is 12.3. The summed E-state index contributed by atoms with van der Waals surface area (Å²) in [6.45, 7) is 4.86. The van der Waals surface area contributed by atoms with Gasteiger partial charge in [-0.05, 0) is 45.2 Å². The zero-order valence-corrected chi connectivity index (χ0v) is 16.0. The van der Waals surface area contributed by atoms with Gasteiger partial charge in [0.1, 0.15) is 5.15 Å². The van der Waals surface area contributed by atoms with Crippen LogP contribution in [0.5, 0.6) is 0 Å². The summed E-state index contributed by atoms with van der Waals surface area (Å²) in [4.78, 5) is 40.3.